The molecule has 0 bridgehead atoms. The van der Waals surface area contributed by atoms with E-state index < -0.39 is 16.4 Å². The number of nitrogens with zero attached hydrogens (tertiary/aromatic N) is 2. The van der Waals surface area contributed by atoms with E-state index in [1.165, 1.54) is 29.7 Å². The third kappa shape index (κ3) is 3.21. The quantitative estimate of drug-likeness (QED) is 0.673. The van der Waals surface area contributed by atoms with Crippen LogP contribution >= 0.6 is 0 Å². The fourth-order valence-corrected chi connectivity index (χ4v) is 2.84. The second kappa shape index (κ2) is 6.14. The topological polar surface area (TPSA) is 103 Å². The van der Waals surface area contributed by atoms with Crippen LogP contribution in [0, 0.1) is 10.1 Å². The monoisotopic (exact) mass is 355 g/mol. The number of amides is 1. The summed E-state index contributed by atoms with van der Waals surface area (Å²) in [5.41, 5.74) is -0.255. The van der Waals surface area contributed by atoms with Gasteiger partial charge in [-0.15, -0.1) is 0 Å². The number of carbonyl (C=O) groups excluding carboxylic acids is 1. The van der Waals surface area contributed by atoms with E-state index in [0.29, 0.717) is 11.3 Å². The van der Waals surface area contributed by atoms with E-state index in [1.807, 2.05) is 0 Å². The van der Waals surface area contributed by atoms with E-state index >= 15 is 0 Å². The predicted octanol–water partition coefficient (Wildman–Crippen LogP) is 2.78. The number of aromatic nitrogens is 1. The van der Waals surface area contributed by atoms with Crippen LogP contribution in [0.2, 0.25) is 0 Å². The van der Waals surface area contributed by atoms with E-state index in [9.17, 15) is 19.7 Å². The van der Waals surface area contributed by atoms with Crippen LogP contribution in [0.3, 0.4) is 0 Å². The molecule has 0 fully saturated rings. The Labute approximate surface area is 148 Å². The molecule has 0 spiro atoms. The van der Waals surface area contributed by atoms with Gasteiger partial charge in [-0.25, -0.2) is 0 Å². The maximum atomic E-state index is 12.3. The van der Waals surface area contributed by atoms with Gasteiger partial charge >= 0.3 is 0 Å². The van der Waals surface area contributed by atoms with Crippen LogP contribution in [-0.4, -0.2) is 21.0 Å². The molecule has 0 saturated carbocycles. The summed E-state index contributed by atoms with van der Waals surface area (Å²) in [4.78, 5) is 34.5. The van der Waals surface area contributed by atoms with Crippen molar-refractivity contribution in [2.75, 3.05) is 5.32 Å². The molecule has 2 aromatic rings. The normalized spacial score (nSPS) is 14.7. The van der Waals surface area contributed by atoms with Crippen molar-refractivity contribution in [2.24, 2.45) is 0 Å². The van der Waals surface area contributed by atoms with E-state index in [1.54, 1.807) is 38.3 Å². The Morgan fingerprint density at radius 2 is 2.04 bits per heavy atom. The molecule has 0 radical (unpaired) electrons. The first-order chi connectivity index (χ1) is 12.2. The van der Waals surface area contributed by atoms with Crippen molar-refractivity contribution < 1.29 is 14.5 Å². The average molecular weight is 355 g/mol. The molecule has 0 atom stereocenters. The Hall–Kier alpha value is -3.42. The molecule has 3 rings (SSSR count). The number of nitrogens with one attached hydrogen (secondary N) is 1. The number of hydrogen-bond acceptors (Lipinski definition) is 5. The molecule has 0 saturated heterocycles. The minimum Gasteiger partial charge on any atom is -0.483 e. The third-order valence-electron chi connectivity index (χ3n) is 3.82. The van der Waals surface area contributed by atoms with Crippen LogP contribution in [0.5, 0.6) is 5.75 Å². The molecule has 26 heavy (non-hydrogen) atoms. The van der Waals surface area contributed by atoms with Gasteiger partial charge in [-0.3, -0.25) is 24.3 Å². The third-order valence-corrected chi connectivity index (χ3v) is 3.82. The lowest BCUT2D eigenvalue weighted by atomic mass is 9.97. The van der Waals surface area contributed by atoms with Gasteiger partial charge in [-0.05, 0) is 32.1 Å². The molecule has 1 aliphatic heterocycles. The lowest BCUT2D eigenvalue weighted by molar-refractivity contribution is -0.384. The van der Waals surface area contributed by atoms with Gasteiger partial charge in [-0.1, -0.05) is 6.07 Å². The Balaban J connectivity index is 2.28. The van der Waals surface area contributed by atoms with Crippen LogP contribution < -0.4 is 15.6 Å². The fourth-order valence-electron chi connectivity index (χ4n) is 2.84. The summed E-state index contributed by atoms with van der Waals surface area (Å²) in [5, 5.41) is 13.8. The summed E-state index contributed by atoms with van der Waals surface area (Å²) in [7, 11) is 0. The number of fused-ring (bicyclic) bond motifs is 1. The van der Waals surface area contributed by atoms with Crippen molar-refractivity contribution in [2.45, 2.75) is 26.4 Å². The van der Waals surface area contributed by atoms with Crippen molar-refractivity contribution in [3.63, 3.8) is 0 Å². The molecule has 8 nitrogen and oxygen atoms in total. The zero-order valence-corrected chi connectivity index (χ0v) is 14.5. The fraction of sp³-hybridized carbons (Fsp3) is 0.222. The summed E-state index contributed by atoms with van der Waals surface area (Å²) >= 11 is 0. The molecule has 1 aliphatic rings. The number of ether oxygens (including phenoxy) is 1. The molecule has 134 valence electrons. The SMILES string of the molecule is CC(=O)Nc1cc2c(cc1[N+](=O)[O-])OC(C)(C)C=C2n1ccccc1=O. The van der Waals surface area contributed by atoms with Gasteiger partial charge in [0, 0.05) is 24.8 Å². The molecular weight excluding hydrogens is 338 g/mol. The molecule has 8 heteroatoms. The molecule has 1 N–H and O–H groups in total. The van der Waals surface area contributed by atoms with Crippen LogP contribution in [-0.2, 0) is 4.79 Å². The Kier molecular flexibility index (Phi) is 4.11. The van der Waals surface area contributed by atoms with E-state index in [4.69, 9.17) is 4.74 Å². The van der Waals surface area contributed by atoms with E-state index in [2.05, 4.69) is 5.32 Å². The second-order valence-corrected chi connectivity index (χ2v) is 6.45. The highest BCUT2D eigenvalue weighted by Gasteiger charge is 2.31. The molecule has 2 heterocycles. The Bertz CT molecular complexity index is 1000. The Morgan fingerprint density at radius 3 is 2.65 bits per heavy atom. The minimum atomic E-state index is -0.777. The number of nitro groups is 1. The van der Waals surface area contributed by atoms with Gasteiger partial charge < -0.3 is 10.1 Å². The van der Waals surface area contributed by atoms with Crippen LogP contribution in [0.15, 0.2) is 47.4 Å². The van der Waals surface area contributed by atoms with Crippen LogP contribution in [0.1, 0.15) is 26.3 Å². The van der Waals surface area contributed by atoms with Crippen molar-refractivity contribution in [1.29, 1.82) is 0 Å². The average Bonchev–Trinajstić information content (AvgIpc) is 2.53. The maximum absolute atomic E-state index is 12.3. The first kappa shape index (κ1) is 17.4. The van der Waals surface area contributed by atoms with Crippen molar-refractivity contribution >= 4 is 23.0 Å². The first-order valence-corrected chi connectivity index (χ1v) is 7.88. The zero-order valence-electron chi connectivity index (χ0n) is 14.5. The minimum absolute atomic E-state index is 0.0411. The molecule has 0 aliphatic carbocycles. The Morgan fingerprint density at radius 1 is 1.31 bits per heavy atom. The van der Waals surface area contributed by atoms with Gasteiger partial charge in [0.15, 0.2) is 0 Å². The highest BCUT2D eigenvalue weighted by Crippen LogP contribution is 2.42. The van der Waals surface area contributed by atoms with Gasteiger partial charge in [0.25, 0.3) is 11.2 Å². The van der Waals surface area contributed by atoms with Crippen molar-refractivity contribution in [3.8, 4) is 5.75 Å². The summed E-state index contributed by atoms with van der Waals surface area (Å²) in [5.74, 6) is -0.170. The number of pyridine rings is 1. The molecule has 0 unspecified atom stereocenters. The second-order valence-electron chi connectivity index (χ2n) is 6.45. The number of nitro benzene ring substituents is 1. The summed E-state index contributed by atoms with van der Waals surface area (Å²) in [6.07, 6.45) is 3.37. The number of hydrogen-bond donors (Lipinski definition) is 1. The van der Waals surface area contributed by atoms with Gasteiger partial charge in [-0.2, -0.15) is 0 Å². The van der Waals surface area contributed by atoms with Gasteiger partial charge in [0.05, 0.1) is 16.7 Å². The zero-order chi connectivity index (χ0) is 19.1. The number of rotatable bonds is 3. The number of anilines is 1. The van der Waals surface area contributed by atoms with Crippen molar-refractivity contribution in [3.05, 3.63) is 68.6 Å². The van der Waals surface area contributed by atoms with Gasteiger partial charge in [0.1, 0.15) is 17.0 Å². The van der Waals surface area contributed by atoms with Crippen molar-refractivity contribution in [1.82, 2.24) is 4.57 Å². The lowest BCUT2D eigenvalue weighted by Gasteiger charge is -2.31. The standard InChI is InChI=1S/C18H17N3O5/c1-11(22)19-13-8-12-15(20-7-5-4-6-17(20)23)10-18(2,3)26-16(12)9-14(13)21(24)25/h4-10H,1-3H3,(H,19,22). The molecule has 1 amide bonds. The summed E-state index contributed by atoms with van der Waals surface area (Å²) < 4.78 is 7.29. The van der Waals surface area contributed by atoms with E-state index in [0.717, 1.165) is 0 Å². The van der Waals surface area contributed by atoms with Crippen LogP contribution in [0.4, 0.5) is 11.4 Å². The summed E-state index contributed by atoms with van der Waals surface area (Å²) in [6, 6.07) is 7.48. The lowest BCUT2D eigenvalue weighted by Crippen LogP contribution is -2.32. The number of benzene rings is 1. The molecule has 1 aromatic carbocycles. The highest BCUT2D eigenvalue weighted by atomic mass is 16.6. The van der Waals surface area contributed by atoms with Crippen LogP contribution in [0.25, 0.3) is 5.70 Å². The summed E-state index contributed by atoms with van der Waals surface area (Å²) in [6.45, 7) is 4.84. The smallest absolute Gasteiger partial charge is 0.296 e. The predicted molar refractivity (Wildman–Crippen MR) is 96.2 cm³/mol. The largest absolute Gasteiger partial charge is 0.483 e. The van der Waals surface area contributed by atoms with Gasteiger partial charge in [0.2, 0.25) is 5.91 Å². The molecule has 1 aromatic heterocycles. The first-order valence-electron chi connectivity index (χ1n) is 7.88. The highest BCUT2D eigenvalue weighted by molar-refractivity contribution is 5.93. The maximum Gasteiger partial charge on any atom is 0.296 e. The molecular formula is C18H17N3O5. The number of carbonyl (C=O) groups is 1. The van der Waals surface area contributed by atoms with E-state index in [-0.39, 0.29) is 22.7 Å².